The quantitative estimate of drug-likeness (QED) is 0.702. The van der Waals surface area contributed by atoms with E-state index in [9.17, 15) is 4.79 Å². The summed E-state index contributed by atoms with van der Waals surface area (Å²) in [5.41, 5.74) is 4.52. The van der Waals surface area contributed by atoms with Gasteiger partial charge in [-0.15, -0.1) is 0 Å². The molecule has 0 aliphatic rings. The zero-order chi connectivity index (χ0) is 18.5. The molecule has 2 N–H and O–H groups in total. The van der Waals surface area contributed by atoms with Gasteiger partial charge in [0.05, 0.1) is 7.11 Å². The number of aryl methyl sites for hydroxylation is 2. The van der Waals surface area contributed by atoms with E-state index in [0.717, 1.165) is 11.4 Å². The van der Waals surface area contributed by atoms with Crippen molar-refractivity contribution in [1.29, 1.82) is 0 Å². The first-order chi connectivity index (χ1) is 12.5. The second-order valence-corrected chi connectivity index (χ2v) is 6.11. The van der Waals surface area contributed by atoms with Gasteiger partial charge in [-0.25, -0.2) is 4.98 Å². The normalized spacial score (nSPS) is 10.3. The van der Waals surface area contributed by atoms with Crippen LogP contribution in [0.3, 0.4) is 0 Å². The van der Waals surface area contributed by atoms with Gasteiger partial charge in [0.2, 0.25) is 0 Å². The average molecular weight is 347 g/mol. The minimum Gasteiger partial charge on any atom is -0.497 e. The molecular weight excluding hydrogens is 326 g/mol. The monoisotopic (exact) mass is 347 g/mol. The highest BCUT2D eigenvalue weighted by molar-refractivity contribution is 6.04. The number of ether oxygens (including phenoxy) is 1. The molecule has 2 aromatic carbocycles. The van der Waals surface area contributed by atoms with Crippen LogP contribution in [0.2, 0.25) is 0 Å². The molecule has 3 aromatic rings. The average Bonchev–Trinajstić information content (AvgIpc) is 2.61. The summed E-state index contributed by atoms with van der Waals surface area (Å²) in [5, 5.41) is 6.12. The van der Waals surface area contributed by atoms with E-state index in [1.807, 2.05) is 26.0 Å². The molecule has 1 amide bonds. The molecule has 5 heteroatoms. The van der Waals surface area contributed by atoms with Crippen LogP contribution >= 0.6 is 0 Å². The van der Waals surface area contributed by atoms with Crippen molar-refractivity contribution >= 4 is 23.1 Å². The smallest absolute Gasteiger partial charge is 0.255 e. The number of carbonyl (C=O) groups is 1. The molecule has 1 aromatic heterocycles. The number of methoxy groups -OCH3 is 1. The maximum Gasteiger partial charge on any atom is 0.255 e. The summed E-state index contributed by atoms with van der Waals surface area (Å²) in [6.07, 6.45) is 1.62. The standard InChI is InChI=1S/C21H21N3O2/c1-14-10-15(2)12-18(11-14)23-20-13-16(8-9-22-20)21(25)24-17-4-6-19(26-3)7-5-17/h4-13H,1-3H3,(H,22,23)(H,24,25). The molecule has 26 heavy (non-hydrogen) atoms. The number of nitrogens with one attached hydrogen (secondary N) is 2. The Balaban J connectivity index is 1.74. The Morgan fingerprint density at radius 2 is 1.62 bits per heavy atom. The Bertz CT molecular complexity index is 901. The van der Waals surface area contributed by atoms with Gasteiger partial charge in [0.25, 0.3) is 5.91 Å². The van der Waals surface area contributed by atoms with Crippen molar-refractivity contribution in [3.8, 4) is 5.75 Å². The number of rotatable bonds is 5. The SMILES string of the molecule is COc1ccc(NC(=O)c2ccnc(Nc3cc(C)cc(C)c3)c2)cc1. The lowest BCUT2D eigenvalue weighted by Crippen LogP contribution is -2.12. The molecule has 0 aliphatic carbocycles. The van der Waals surface area contributed by atoms with Crippen LogP contribution in [0.4, 0.5) is 17.2 Å². The minimum atomic E-state index is -0.193. The van der Waals surface area contributed by atoms with Gasteiger partial charge in [0, 0.05) is 23.1 Å². The van der Waals surface area contributed by atoms with E-state index in [0.29, 0.717) is 17.1 Å². The van der Waals surface area contributed by atoms with Gasteiger partial charge >= 0.3 is 0 Å². The minimum absolute atomic E-state index is 0.193. The summed E-state index contributed by atoms with van der Waals surface area (Å²) in [4.78, 5) is 16.8. The van der Waals surface area contributed by atoms with Crippen molar-refractivity contribution in [3.63, 3.8) is 0 Å². The first-order valence-electron chi connectivity index (χ1n) is 8.30. The first-order valence-corrected chi connectivity index (χ1v) is 8.30. The predicted octanol–water partition coefficient (Wildman–Crippen LogP) is 4.70. The number of hydrogen-bond donors (Lipinski definition) is 2. The summed E-state index contributed by atoms with van der Waals surface area (Å²) < 4.78 is 5.12. The molecule has 3 rings (SSSR count). The Kier molecular flexibility index (Phi) is 5.17. The zero-order valence-electron chi connectivity index (χ0n) is 15.0. The lowest BCUT2D eigenvalue weighted by Gasteiger charge is -2.10. The highest BCUT2D eigenvalue weighted by atomic mass is 16.5. The molecule has 5 nitrogen and oxygen atoms in total. The van der Waals surface area contributed by atoms with Crippen LogP contribution in [0.5, 0.6) is 5.75 Å². The second-order valence-electron chi connectivity index (χ2n) is 6.11. The van der Waals surface area contributed by atoms with Crippen LogP contribution in [-0.4, -0.2) is 18.0 Å². The molecule has 0 spiro atoms. The highest BCUT2D eigenvalue weighted by Crippen LogP contribution is 2.20. The molecule has 0 bridgehead atoms. The third kappa shape index (κ3) is 4.39. The van der Waals surface area contributed by atoms with Crippen molar-refractivity contribution in [2.45, 2.75) is 13.8 Å². The number of amides is 1. The third-order valence-corrected chi connectivity index (χ3v) is 3.86. The van der Waals surface area contributed by atoms with Crippen LogP contribution in [0.1, 0.15) is 21.5 Å². The van der Waals surface area contributed by atoms with Crippen LogP contribution in [-0.2, 0) is 0 Å². The van der Waals surface area contributed by atoms with Gasteiger partial charge in [0.1, 0.15) is 11.6 Å². The Labute approximate surface area is 153 Å². The lowest BCUT2D eigenvalue weighted by molar-refractivity contribution is 0.102. The molecule has 0 unspecified atom stereocenters. The Morgan fingerprint density at radius 3 is 2.27 bits per heavy atom. The number of pyridine rings is 1. The number of benzene rings is 2. The van der Waals surface area contributed by atoms with E-state index in [1.165, 1.54) is 11.1 Å². The first kappa shape index (κ1) is 17.5. The van der Waals surface area contributed by atoms with Crippen LogP contribution in [0.25, 0.3) is 0 Å². The zero-order valence-corrected chi connectivity index (χ0v) is 15.0. The lowest BCUT2D eigenvalue weighted by atomic mass is 10.1. The maximum atomic E-state index is 12.5. The van der Waals surface area contributed by atoms with Gasteiger partial charge in [-0.1, -0.05) is 6.07 Å². The van der Waals surface area contributed by atoms with Crippen molar-refractivity contribution < 1.29 is 9.53 Å². The summed E-state index contributed by atoms with van der Waals surface area (Å²) in [7, 11) is 1.61. The van der Waals surface area contributed by atoms with E-state index in [2.05, 4.69) is 21.7 Å². The predicted molar refractivity (Wildman–Crippen MR) is 104 cm³/mol. The van der Waals surface area contributed by atoms with Crippen LogP contribution < -0.4 is 15.4 Å². The fourth-order valence-electron chi connectivity index (χ4n) is 2.71. The van der Waals surface area contributed by atoms with E-state index in [4.69, 9.17) is 4.74 Å². The third-order valence-electron chi connectivity index (χ3n) is 3.86. The number of carbonyl (C=O) groups excluding carboxylic acids is 1. The van der Waals surface area contributed by atoms with Crippen molar-refractivity contribution in [2.75, 3.05) is 17.7 Å². The molecule has 0 atom stereocenters. The van der Waals surface area contributed by atoms with Gasteiger partial charge in [-0.2, -0.15) is 0 Å². The second kappa shape index (κ2) is 7.70. The molecule has 1 heterocycles. The number of aromatic nitrogens is 1. The molecular formula is C21H21N3O2. The molecule has 0 saturated carbocycles. The van der Waals surface area contributed by atoms with Gasteiger partial charge in [-0.05, 0) is 73.5 Å². The summed E-state index contributed by atoms with van der Waals surface area (Å²) in [6, 6.07) is 16.8. The van der Waals surface area contributed by atoms with Crippen LogP contribution in [0.15, 0.2) is 60.8 Å². The number of nitrogens with zero attached hydrogens (tertiary/aromatic N) is 1. The maximum absolute atomic E-state index is 12.5. The summed E-state index contributed by atoms with van der Waals surface area (Å²) >= 11 is 0. The van der Waals surface area contributed by atoms with Crippen molar-refractivity contribution in [2.24, 2.45) is 0 Å². The summed E-state index contributed by atoms with van der Waals surface area (Å²) in [5.74, 6) is 1.17. The molecule has 0 radical (unpaired) electrons. The molecule has 132 valence electrons. The molecule has 0 fully saturated rings. The topological polar surface area (TPSA) is 63.2 Å². The van der Waals surface area contributed by atoms with E-state index >= 15 is 0 Å². The fraction of sp³-hybridized carbons (Fsp3) is 0.143. The number of hydrogen-bond acceptors (Lipinski definition) is 4. The van der Waals surface area contributed by atoms with Crippen LogP contribution in [0, 0.1) is 13.8 Å². The Hall–Kier alpha value is -3.34. The fourth-order valence-corrected chi connectivity index (χ4v) is 2.71. The van der Waals surface area contributed by atoms with E-state index in [1.54, 1.807) is 49.7 Å². The largest absolute Gasteiger partial charge is 0.497 e. The summed E-state index contributed by atoms with van der Waals surface area (Å²) in [6.45, 7) is 4.09. The Morgan fingerprint density at radius 1 is 0.923 bits per heavy atom. The van der Waals surface area contributed by atoms with Crippen molar-refractivity contribution in [1.82, 2.24) is 4.98 Å². The van der Waals surface area contributed by atoms with Gasteiger partial charge in [0.15, 0.2) is 0 Å². The molecule has 0 aliphatic heterocycles. The number of anilines is 3. The highest BCUT2D eigenvalue weighted by Gasteiger charge is 2.08. The van der Waals surface area contributed by atoms with E-state index < -0.39 is 0 Å². The van der Waals surface area contributed by atoms with Gasteiger partial charge < -0.3 is 15.4 Å². The van der Waals surface area contributed by atoms with Crippen molar-refractivity contribution in [3.05, 3.63) is 77.5 Å². The molecule has 0 saturated heterocycles. The van der Waals surface area contributed by atoms with E-state index in [-0.39, 0.29) is 5.91 Å². The van der Waals surface area contributed by atoms with Gasteiger partial charge in [-0.3, -0.25) is 4.79 Å².